The molecular weight excluding hydrogens is 382 g/mol. The largest absolute Gasteiger partial charge is 0.326 e. The number of amides is 1. The van der Waals surface area contributed by atoms with Crippen molar-refractivity contribution in [3.8, 4) is 0 Å². The predicted molar refractivity (Wildman–Crippen MR) is 93.6 cm³/mol. The van der Waals surface area contributed by atoms with E-state index in [4.69, 9.17) is 0 Å². The van der Waals surface area contributed by atoms with Crippen molar-refractivity contribution < 1.29 is 13.2 Å². The fourth-order valence-electron chi connectivity index (χ4n) is 1.83. The van der Waals surface area contributed by atoms with Crippen LogP contribution in [0.3, 0.4) is 0 Å². The van der Waals surface area contributed by atoms with Crippen LogP contribution in [0, 0.1) is 6.92 Å². The first kappa shape index (κ1) is 17.5. The average molecular weight is 398 g/mol. The van der Waals surface area contributed by atoms with Gasteiger partial charge in [0.1, 0.15) is 0 Å². The summed E-state index contributed by atoms with van der Waals surface area (Å²) >= 11 is 3.38. The van der Waals surface area contributed by atoms with Crippen molar-refractivity contribution in [3.63, 3.8) is 0 Å². The number of aryl methyl sites for hydroxylation is 1. The van der Waals surface area contributed by atoms with E-state index in [1.54, 1.807) is 6.07 Å². The summed E-state index contributed by atoms with van der Waals surface area (Å²) in [5.41, 5.74) is 4.81. The number of rotatable bonds is 5. The Labute approximate surface area is 143 Å². The molecule has 2 aromatic rings. The number of carbonyl (C=O) groups is 1. The molecule has 23 heavy (non-hydrogen) atoms. The Morgan fingerprint density at radius 3 is 2.22 bits per heavy atom. The van der Waals surface area contributed by atoms with Crippen LogP contribution >= 0.6 is 15.9 Å². The third-order valence-corrected chi connectivity index (χ3v) is 5.13. The normalized spacial score (nSPS) is 11.1. The second-order valence-electron chi connectivity index (χ2n) is 4.90. The molecule has 6 nitrogen and oxygen atoms in total. The van der Waals surface area contributed by atoms with Crippen LogP contribution in [0.5, 0.6) is 0 Å². The van der Waals surface area contributed by atoms with Crippen molar-refractivity contribution in [1.29, 1.82) is 0 Å². The lowest BCUT2D eigenvalue weighted by atomic mass is 10.2. The molecule has 122 valence electrons. The number of benzene rings is 2. The Morgan fingerprint density at radius 1 is 1.04 bits per heavy atom. The number of carbonyl (C=O) groups excluding carboxylic acids is 1. The number of hydrazine groups is 1. The summed E-state index contributed by atoms with van der Waals surface area (Å²) in [5.74, 6) is -0.217. The number of hydrogen-bond acceptors (Lipinski definition) is 4. The van der Waals surface area contributed by atoms with Gasteiger partial charge in [0.05, 0.1) is 10.6 Å². The van der Waals surface area contributed by atoms with Crippen LogP contribution in [-0.4, -0.2) is 14.3 Å². The van der Waals surface area contributed by atoms with Gasteiger partial charge in [-0.2, -0.15) is 0 Å². The lowest BCUT2D eigenvalue weighted by Gasteiger charge is -2.11. The lowest BCUT2D eigenvalue weighted by molar-refractivity contribution is -0.114. The van der Waals surface area contributed by atoms with Crippen molar-refractivity contribution >= 4 is 43.2 Å². The maximum absolute atomic E-state index is 12.2. The van der Waals surface area contributed by atoms with Crippen LogP contribution in [0.4, 0.5) is 11.4 Å². The van der Waals surface area contributed by atoms with E-state index in [1.165, 1.54) is 31.2 Å². The van der Waals surface area contributed by atoms with Crippen LogP contribution in [0.15, 0.2) is 51.8 Å². The van der Waals surface area contributed by atoms with E-state index in [0.29, 0.717) is 11.4 Å². The lowest BCUT2D eigenvalue weighted by Crippen LogP contribution is -2.29. The Morgan fingerprint density at radius 2 is 1.65 bits per heavy atom. The molecule has 0 atom stereocenters. The Balaban J connectivity index is 2.09. The van der Waals surface area contributed by atoms with Crippen LogP contribution in [0.1, 0.15) is 12.5 Å². The van der Waals surface area contributed by atoms with E-state index in [9.17, 15) is 13.2 Å². The number of sulfonamides is 1. The van der Waals surface area contributed by atoms with E-state index in [-0.39, 0.29) is 10.8 Å². The fraction of sp³-hybridized carbons (Fsp3) is 0.133. The highest BCUT2D eigenvalue weighted by Gasteiger charge is 2.13. The van der Waals surface area contributed by atoms with Gasteiger partial charge >= 0.3 is 0 Å². The summed E-state index contributed by atoms with van der Waals surface area (Å²) in [4.78, 5) is 13.4. The zero-order valence-corrected chi connectivity index (χ0v) is 15.0. The molecule has 0 fully saturated rings. The monoisotopic (exact) mass is 397 g/mol. The zero-order valence-electron chi connectivity index (χ0n) is 12.6. The third kappa shape index (κ3) is 4.78. The summed E-state index contributed by atoms with van der Waals surface area (Å²) in [6.07, 6.45) is 0. The van der Waals surface area contributed by atoms with Gasteiger partial charge in [-0.3, -0.25) is 4.79 Å². The summed E-state index contributed by atoms with van der Waals surface area (Å²) in [6, 6.07) is 11.3. The molecule has 2 rings (SSSR count). The predicted octanol–water partition coefficient (Wildman–Crippen LogP) is 3.02. The van der Waals surface area contributed by atoms with Gasteiger partial charge in [0.15, 0.2) is 0 Å². The molecule has 0 heterocycles. The second kappa shape index (κ2) is 7.12. The van der Waals surface area contributed by atoms with Gasteiger partial charge in [0.2, 0.25) is 5.91 Å². The number of anilines is 2. The first-order valence-electron chi connectivity index (χ1n) is 6.69. The number of hydrogen-bond donors (Lipinski definition) is 3. The summed E-state index contributed by atoms with van der Waals surface area (Å²) in [6.45, 7) is 3.29. The maximum Gasteiger partial charge on any atom is 0.257 e. The standard InChI is InChI=1S/C15H16BrN3O3S/c1-10-9-13(5-8-15(10)16)18-19-23(21,22)14-6-3-12(4-7-14)17-11(2)20/h3-9,18-19H,1-2H3,(H,17,20). The molecule has 8 heteroatoms. The second-order valence-corrected chi connectivity index (χ2v) is 7.44. The molecule has 0 unspecified atom stereocenters. The highest BCUT2D eigenvalue weighted by atomic mass is 79.9. The van der Waals surface area contributed by atoms with Crippen molar-refractivity contribution in [1.82, 2.24) is 4.83 Å². The average Bonchev–Trinajstić information content (AvgIpc) is 2.48. The van der Waals surface area contributed by atoms with Crippen LogP contribution < -0.4 is 15.6 Å². The summed E-state index contributed by atoms with van der Waals surface area (Å²) in [5, 5.41) is 2.58. The van der Waals surface area contributed by atoms with E-state index < -0.39 is 10.0 Å². The molecule has 1 amide bonds. The molecule has 0 aliphatic rings. The highest BCUT2D eigenvalue weighted by molar-refractivity contribution is 9.10. The summed E-state index contributed by atoms with van der Waals surface area (Å²) < 4.78 is 25.4. The van der Waals surface area contributed by atoms with E-state index in [2.05, 4.69) is 31.5 Å². The highest BCUT2D eigenvalue weighted by Crippen LogP contribution is 2.20. The number of halogens is 1. The van der Waals surface area contributed by atoms with Gasteiger partial charge in [-0.15, -0.1) is 4.83 Å². The van der Waals surface area contributed by atoms with Crippen molar-refractivity contribution in [2.24, 2.45) is 0 Å². The molecule has 2 aromatic carbocycles. The van der Waals surface area contributed by atoms with Gasteiger partial charge in [0.25, 0.3) is 10.0 Å². The van der Waals surface area contributed by atoms with Crippen LogP contribution in [0.25, 0.3) is 0 Å². The Hall–Kier alpha value is -1.90. The van der Waals surface area contributed by atoms with Gasteiger partial charge in [-0.05, 0) is 55.0 Å². The minimum atomic E-state index is -3.71. The van der Waals surface area contributed by atoms with Crippen LogP contribution in [0.2, 0.25) is 0 Å². The molecule has 0 aliphatic carbocycles. The Kier molecular flexibility index (Phi) is 5.40. The fourth-order valence-corrected chi connectivity index (χ4v) is 2.94. The Bertz CT molecular complexity index is 820. The minimum Gasteiger partial charge on any atom is -0.326 e. The third-order valence-electron chi connectivity index (χ3n) is 2.97. The minimum absolute atomic E-state index is 0.0907. The first-order valence-corrected chi connectivity index (χ1v) is 8.97. The number of nitrogens with one attached hydrogen (secondary N) is 3. The molecular formula is C15H16BrN3O3S. The SMILES string of the molecule is CC(=O)Nc1ccc(S(=O)(=O)NNc2ccc(Br)c(C)c2)cc1. The van der Waals surface area contributed by atoms with Crippen molar-refractivity contribution in [2.75, 3.05) is 10.7 Å². The molecule has 0 aromatic heterocycles. The molecule has 0 radical (unpaired) electrons. The quantitative estimate of drug-likeness (QED) is 0.676. The van der Waals surface area contributed by atoms with Gasteiger partial charge < -0.3 is 10.7 Å². The van der Waals surface area contributed by atoms with Crippen molar-refractivity contribution in [3.05, 3.63) is 52.5 Å². The maximum atomic E-state index is 12.2. The summed E-state index contributed by atoms with van der Waals surface area (Å²) in [7, 11) is -3.71. The molecule has 0 spiro atoms. The first-order chi connectivity index (χ1) is 10.8. The van der Waals surface area contributed by atoms with E-state index in [0.717, 1.165) is 10.0 Å². The van der Waals surface area contributed by atoms with E-state index in [1.807, 2.05) is 19.1 Å². The van der Waals surface area contributed by atoms with Gasteiger partial charge in [-0.25, -0.2) is 8.42 Å². The van der Waals surface area contributed by atoms with E-state index >= 15 is 0 Å². The van der Waals surface area contributed by atoms with Crippen molar-refractivity contribution in [2.45, 2.75) is 18.7 Å². The molecule has 0 saturated carbocycles. The molecule has 0 bridgehead atoms. The van der Waals surface area contributed by atoms with Gasteiger partial charge in [0, 0.05) is 17.1 Å². The zero-order chi connectivity index (χ0) is 17.0. The topological polar surface area (TPSA) is 87.3 Å². The molecule has 0 saturated heterocycles. The molecule has 0 aliphatic heterocycles. The smallest absolute Gasteiger partial charge is 0.257 e. The van der Waals surface area contributed by atoms with Crippen LogP contribution in [-0.2, 0) is 14.8 Å². The molecule has 3 N–H and O–H groups in total. The van der Waals surface area contributed by atoms with Gasteiger partial charge in [-0.1, -0.05) is 15.9 Å².